The molecule has 0 saturated carbocycles. The molecule has 2 nitrogen and oxygen atoms in total. The van der Waals surface area contributed by atoms with E-state index < -0.39 is 0 Å². The van der Waals surface area contributed by atoms with E-state index in [4.69, 9.17) is 11.6 Å². The van der Waals surface area contributed by atoms with Crippen molar-refractivity contribution in [1.82, 2.24) is 0 Å². The molecule has 1 heterocycles. The van der Waals surface area contributed by atoms with Crippen molar-refractivity contribution in [2.75, 3.05) is 11.4 Å². The number of aliphatic imine (C=N–C) groups is 1. The van der Waals surface area contributed by atoms with Gasteiger partial charge in [0.05, 0.1) is 10.7 Å². The van der Waals surface area contributed by atoms with Gasteiger partial charge in [0.2, 0.25) is 0 Å². The van der Waals surface area contributed by atoms with Crippen LogP contribution in [0, 0.1) is 0 Å². The van der Waals surface area contributed by atoms with Crippen LogP contribution < -0.4 is 4.90 Å². The van der Waals surface area contributed by atoms with Crippen molar-refractivity contribution in [3.05, 3.63) is 58.1 Å². The van der Waals surface area contributed by atoms with Gasteiger partial charge in [-0.25, -0.2) is 0 Å². The van der Waals surface area contributed by atoms with Gasteiger partial charge in [-0.3, -0.25) is 4.99 Å². The zero-order chi connectivity index (χ0) is 20.7. The second-order valence-electron chi connectivity index (χ2n) is 9.65. The number of rotatable bonds is 3. The van der Waals surface area contributed by atoms with E-state index in [1.54, 1.807) is 0 Å². The number of halogens is 1. The van der Waals surface area contributed by atoms with Crippen LogP contribution in [0.1, 0.15) is 77.5 Å². The Kier molecular flexibility index (Phi) is 5.64. The van der Waals surface area contributed by atoms with E-state index in [-0.39, 0.29) is 11.0 Å². The predicted molar refractivity (Wildman–Crippen MR) is 124 cm³/mol. The molecule has 1 aliphatic heterocycles. The molecule has 0 bridgehead atoms. The van der Waals surface area contributed by atoms with Crippen molar-refractivity contribution in [1.29, 1.82) is 0 Å². The number of benzene rings is 2. The molecule has 0 aliphatic carbocycles. The standard InChI is InChI=1S/C25H33ClN2/c1-8-28-23-14-22(26)18(13-21(23)17(2)15-25(28,6)7)16-27-20-11-9-19(10-12-20)24(3,4)5/h9-14,16-17H,8,15H2,1-7H3. The summed E-state index contributed by atoms with van der Waals surface area (Å²) in [4.78, 5) is 7.15. The van der Waals surface area contributed by atoms with Crippen LogP contribution in [0.3, 0.4) is 0 Å². The highest BCUT2D eigenvalue weighted by Gasteiger charge is 2.35. The van der Waals surface area contributed by atoms with Gasteiger partial charge in [-0.05, 0) is 73.9 Å². The highest BCUT2D eigenvalue weighted by Crippen LogP contribution is 2.44. The Hall–Kier alpha value is -1.80. The van der Waals surface area contributed by atoms with E-state index in [0.717, 1.165) is 29.2 Å². The molecule has 0 fully saturated rings. The lowest BCUT2D eigenvalue weighted by Gasteiger charge is -2.47. The summed E-state index contributed by atoms with van der Waals surface area (Å²) in [6.07, 6.45) is 3.04. The minimum atomic E-state index is 0.148. The number of hydrogen-bond donors (Lipinski definition) is 0. The van der Waals surface area contributed by atoms with Crippen LogP contribution >= 0.6 is 11.6 Å². The SMILES string of the molecule is CCN1c2cc(Cl)c(C=Nc3ccc(C(C)(C)C)cc3)cc2C(C)CC1(C)C. The molecule has 0 spiro atoms. The summed E-state index contributed by atoms with van der Waals surface area (Å²) < 4.78 is 0. The average molecular weight is 397 g/mol. The van der Waals surface area contributed by atoms with Crippen LogP contribution in [0.4, 0.5) is 11.4 Å². The molecule has 0 aromatic heterocycles. The van der Waals surface area contributed by atoms with E-state index in [9.17, 15) is 0 Å². The van der Waals surface area contributed by atoms with Crippen LogP contribution in [-0.4, -0.2) is 18.3 Å². The molecule has 1 unspecified atom stereocenters. The fourth-order valence-corrected chi connectivity index (χ4v) is 4.62. The summed E-state index contributed by atoms with van der Waals surface area (Å²) in [5, 5.41) is 0.761. The zero-order valence-corrected chi connectivity index (χ0v) is 19.1. The molecule has 150 valence electrons. The van der Waals surface area contributed by atoms with Crippen molar-refractivity contribution in [2.45, 2.75) is 71.8 Å². The number of hydrogen-bond acceptors (Lipinski definition) is 2. The van der Waals surface area contributed by atoms with Gasteiger partial charge in [0.1, 0.15) is 0 Å². The maximum absolute atomic E-state index is 6.66. The Bertz CT molecular complexity index is 873. The number of fused-ring (bicyclic) bond motifs is 1. The lowest BCUT2D eigenvalue weighted by molar-refractivity contribution is 0.381. The van der Waals surface area contributed by atoms with Gasteiger partial charge < -0.3 is 4.90 Å². The molecule has 0 N–H and O–H groups in total. The second-order valence-corrected chi connectivity index (χ2v) is 10.1. The minimum absolute atomic E-state index is 0.148. The zero-order valence-electron chi connectivity index (χ0n) is 18.3. The normalized spacial score (nSPS) is 19.1. The summed E-state index contributed by atoms with van der Waals surface area (Å²) >= 11 is 6.66. The van der Waals surface area contributed by atoms with E-state index in [0.29, 0.717) is 5.92 Å². The lowest BCUT2D eigenvalue weighted by atomic mass is 9.79. The second kappa shape index (κ2) is 7.55. The van der Waals surface area contributed by atoms with E-state index in [2.05, 4.69) is 94.8 Å². The molecule has 3 heteroatoms. The van der Waals surface area contributed by atoms with E-state index in [1.807, 2.05) is 6.21 Å². The molecule has 3 rings (SSSR count). The monoisotopic (exact) mass is 396 g/mol. The third-order valence-electron chi connectivity index (χ3n) is 5.91. The molecule has 28 heavy (non-hydrogen) atoms. The summed E-state index contributed by atoms with van der Waals surface area (Å²) in [6, 6.07) is 12.8. The molecular weight excluding hydrogens is 364 g/mol. The van der Waals surface area contributed by atoms with E-state index >= 15 is 0 Å². The topological polar surface area (TPSA) is 15.6 Å². The van der Waals surface area contributed by atoms with Crippen molar-refractivity contribution in [3.63, 3.8) is 0 Å². The van der Waals surface area contributed by atoms with Gasteiger partial charge in [0.25, 0.3) is 0 Å². The van der Waals surface area contributed by atoms with Crippen molar-refractivity contribution in [2.24, 2.45) is 4.99 Å². The summed E-state index contributed by atoms with van der Waals surface area (Å²) in [5.41, 5.74) is 6.19. The fraction of sp³-hybridized carbons (Fsp3) is 0.480. The van der Waals surface area contributed by atoms with Gasteiger partial charge in [-0.1, -0.05) is 51.4 Å². The predicted octanol–water partition coefficient (Wildman–Crippen LogP) is 7.50. The van der Waals surface area contributed by atoms with Crippen molar-refractivity contribution in [3.8, 4) is 0 Å². The lowest BCUT2D eigenvalue weighted by Crippen LogP contribution is -2.48. The van der Waals surface area contributed by atoms with Gasteiger partial charge in [-0.2, -0.15) is 0 Å². The highest BCUT2D eigenvalue weighted by atomic mass is 35.5. The quantitative estimate of drug-likeness (QED) is 0.490. The molecule has 0 radical (unpaired) electrons. The minimum Gasteiger partial charge on any atom is -0.366 e. The molecular formula is C25H33ClN2. The van der Waals surface area contributed by atoms with Gasteiger partial charge >= 0.3 is 0 Å². The van der Waals surface area contributed by atoms with Crippen molar-refractivity contribution < 1.29 is 0 Å². The Balaban J connectivity index is 1.92. The first-order chi connectivity index (χ1) is 13.0. The summed E-state index contributed by atoms with van der Waals surface area (Å²) in [7, 11) is 0. The Labute approximate surface area is 175 Å². The van der Waals surface area contributed by atoms with Crippen molar-refractivity contribution >= 4 is 29.2 Å². The molecule has 0 amide bonds. The van der Waals surface area contributed by atoms with Crippen LogP contribution in [0.15, 0.2) is 41.4 Å². The molecule has 1 aliphatic rings. The van der Waals surface area contributed by atoms with Crippen LogP contribution in [0.25, 0.3) is 0 Å². The molecule has 2 aromatic rings. The third-order valence-corrected chi connectivity index (χ3v) is 6.23. The van der Waals surface area contributed by atoms with Gasteiger partial charge in [0.15, 0.2) is 0 Å². The largest absolute Gasteiger partial charge is 0.366 e. The van der Waals surface area contributed by atoms with Gasteiger partial charge in [0, 0.05) is 29.5 Å². The molecule has 0 saturated heterocycles. The van der Waals surface area contributed by atoms with Gasteiger partial charge in [-0.15, -0.1) is 0 Å². The average Bonchev–Trinajstić information content (AvgIpc) is 2.59. The van der Waals surface area contributed by atoms with Crippen LogP contribution in [-0.2, 0) is 5.41 Å². The van der Waals surface area contributed by atoms with Crippen LogP contribution in [0.5, 0.6) is 0 Å². The Morgan fingerprint density at radius 3 is 2.39 bits per heavy atom. The Morgan fingerprint density at radius 2 is 1.82 bits per heavy atom. The third kappa shape index (κ3) is 4.12. The smallest absolute Gasteiger partial charge is 0.0630 e. The first-order valence-corrected chi connectivity index (χ1v) is 10.7. The summed E-state index contributed by atoms with van der Waals surface area (Å²) in [5.74, 6) is 0.503. The first kappa shape index (κ1) is 20.9. The highest BCUT2D eigenvalue weighted by molar-refractivity contribution is 6.33. The van der Waals surface area contributed by atoms with E-state index in [1.165, 1.54) is 16.8 Å². The molecule has 1 atom stereocenters. The first-order valence-electron chi connectivity index (χ1n) is 10.3. The fourth-order valence-electron chi connectivity index (χ4n) is 4.41. The Morgan fingerprint density at radius 1 is 1.18 bits per heavy atom. The maximum atomic E-state index is 6.66. The number of anilines is 1. The summed E-state index contributed by atoms with van der Waals surface area (Å²) in [6.45, 7) is 16.8. The molecule has 2 aromatic carbocycles. The van der Waals surface area contributed by atoms with Crippen LogP contribution in [0.2, 0.25) is 5.02 Å². The number of nitrogens with zero attached hydrogens (tertiary/aromatic N) is 2. The maximum Gasteiger partial charge on any atom is 0.0630 e.